The number of ether oxygens (including phenoxy) is 2. The average Bonchev–Trinajstić information content (AvgIpc) is 2.98. The number of esters is 2. The minimum atomic E-state index is -1.20. The van der Waals surface area contributed by atoms with Crippen LogP contribution in [0.25, 0.3) is 0 Å². The third kappa shape index (κ3) is 4.26. The maximum atomic E-state index is 12.3. The van der Waals surface area contributed by atoms with E-state index in [4.69, 9.17) is 32.7 Å². The summed E-state index contributed by atoms with van der Waals surface area (Å²) in [5, 5.41) is 5.10. The second-order valence-corrected chi connectivity index (χ2v) is 8.90. The van der Waals surface area contributed by atoms with Crippen molar-refractivity contribution < 1.29 is 28.7 Å². The fourth-order valence-corrected chi connectivity index (χ4v) is 4.30. The SMILES string of the molecule is CCOC(=O)c1c(NC(=O)COC(=O)[C@@]2(C)CC2(Cl)Cl)sc(C(=O)NC)c1C. The fraction of sp³-hybridized carbons (Fsp3) is 0.529. The minimum absolute atomic E-state index is 0.0832. The van der Waals surface area contributed by atoms with Gasteiger partial charge in [-0.3, -0.25) is 14.4 Å². The van der Waals surface area contributed by atoms with Crippen LogP contribution >= 0.6 is 34.5 Å². The Morgan fingerprint density at radius 2 is 1.82 bits per heavy atom. The van der Waals surface area contributed by atoms with Crippen molar-refractivity contribution in [2.24, 2.45) is 5.41 Å². The Labute approximate surface area is 175 Å². The van der Waals surface area contributed by atoms with Crippen LogP contribution in [-0.4, -0.2) is 48.3 Å². The summed E-state index contributed by atoms with van der Waals surface area (Å²) in [6.07, 6.45) is 0.232. The van der Waals surface area contributed by atoms with Crippen molar-refractivity contribution in [1.82, 2.24) is 5.32 Å². The first-order valence-corrected chi connectivity index (χ1v) is 9.93. The van der Waals surface area contributed by atoms with E-state index >= 15 is 0 Å². The minimum Gasteiger partial charge on any atom is -0.462 e. The molecule has 0 spiro atoms. The summed E-state index contributed by atoms with van der Waals surface area (Å²) in [5.41, 5.74) is -0.590. The van der Waals surface area contributed by atoms with Gasteiger partial charge in [0.05, 0.1) is 17.0 Å². The van der Waals surface area contributed by atoms with E-state index in [9.17, 15) is 19.2 Å². The van der Waals surface area contributed by atoms with Crippen molar-refractivity contribution in [2.75, 3.05) is 25.6 Å². The van der Waals surface area contributed by atoms with Crippen LogP contribution in [0.5, 0.6) is 0 Å². The first-order chi connectivity index (χ1) is 13.0. The molecule has 0 saturated heterocycles. The van der Waals surface area contributed by atoms with Crippen molar-refractivity contribution in [3.63, 3.8) is 0 Å². The lowest BCUT2D eigenvalue weighted by molar-refractivity contribution is -0.152. The maximum absolute atomic E-state index is 12.3. The molecule has 0 aromatic carbocycles. The number of hydrogen-bond acceptors (Lipinski definition) is 7. The molecule has 2 N–H and O–H groups in total. The molecule has 154 valence electrons. The molecule has 28 heavy (non-hydrogen) atoms. The highest BCUT2D eigenvalue weighted by Gasteiger charge is 2.69. The predicted octanol–water partition coefficient (Wildman–Crippen LogP) is 2.66. The zero-order valence-electron chi connectivity index (χ0n) is 15.7. The molecule has 1 aromatic rings. The van der Waals surface area contributed by atoms with E-state index < -0.39 is 40.1 Å². The van der Waals surface area contributed by atoms with Crippen molar-refractivity contribution in [3.05, 3.63) is 16.0 Å². The van der Waals surface area contributed by atoms with Gasteiger partial charge in [0.2, 0.25) is 0 Å². The van der Waals surface area contributed by atoms with Crippen LogP contribution in [0.2, 0.25) is 0 Å². The number of amides is 2. The van der Waals surface area contributed by atoms with Gasteiger partial charge in [-0.25, -0.2) is 4.79 Å². The Morgan fingerprint density at radius 3 is 2.32 bits per heavy atom. The molecule has 1 fully saturated rings. The Morgan fingerprint density at radius 1 is 1.21 bits per heavy atom. The number of thiophene rings is 1. The molecule has 8 nitrogen and oxygen atoms in total. The molecule has 1 aliphatic rings. The molecule has 2 amide bonds. The number of halogens is 2. The molecule has 1 saturated carbocycles. The number of carbonyl (C=O) groups is 4. The molecular weight excluding hydrogens is 431 g/mol. The van der Waals surface area contributed by atoms with Gasteiger partial charge in [0.25, 0.3) is 11.8 Å². The fourth-order valence-electron chi connectivity index (χ4n) is 2.46. The molecule has 0 bridgehead atoms. The summed E-state index contributed by atoms with van der Waals surface area (Å²) >= 11 is 12.8. The van der Waals surface area contributed by atoms with Gasteiger partial charge in [-0.05, 0) is 26.3 Å². The van der Waals surface area contributed by atoms with Crippen LogP contribution in [0.3, 0.4) is 0 Å². The Kier molecular flexibility index (Phi) is 6.62. The molecule has 11 heteroatoms. The lowest BCUT2D eigenvalue weighted by atomic mass is 10.1. The normalized spacial score (nSPS) is 19.5. The van der Waals surface area contributed by atoms with E-state index in [1.54, 1.807) is 20.8 Å². The highest BCUT2D eigenvalue weighted by atomic mass is 35.5. The van der Waals surface area contributed by atoms with E-state index in [1.165, 1.54) is 7.05 Å². The van der Waals surface area contributed by atoms with Gasteiger partial charge in [0.15, 0.2) is 6.61 Å². The standard InChI is InChI=1S/C17H20Cl2N2O6S/c1-5-26-14(24)10-8(2)11(12(23)20-4)28-13(10)21-9(22)6-27-15(25)16(3)7-17(16,18)19/h5-7H2,1-4H3,(H,20,23)(H,21,22)/t16-/m1/s1. The van der Waals surface area contributed by atoms with Crippen LogP contribution < -0.4 is 10.6 Å². The summed E-state index contributed by atoms with van der Waals surface area (Å²) < 4.78 is 8.78. The molecule has 1 atom stereocenters. The van der Waals surface area contributed by atoms with Crippen LogP contribution in [0, 0.1) is 12.3 Å². The molecule has 1 heterocycles. The number of carbonyl (C=O) groups excluding carboxylic acids is 4. The van der Waals surface area contributed by atoms with Crippen molar-refractivity contribution in [3.8, 4) is 0 Å². The number of rotatable bonds is 7. The maximum Gasteiger partial charge on any atom is 0.341 e. The third-order valence-electron chi connectivity index (χ3n) is 4.36. The molecule has 1 aliphatic carbocycles. The molecular formula is C17H20Cl2N2O6S. The van der Waals surface area contributed by atoms with Crippen LogP contribution in [0.4, 0.5) is 5.00 Å². The number of anilines is 1. The zero-order chi connectivity index (χ0) is 21.3. The second-order valence-electron chi connectivity index (χ2n) is 6.40. The van der Waals surface area contributed by atoms with Crippen LogP contribution in [0.1, 0.15) is 45.9 Å². The molecule has 1 aromatic heterocycles. The highest BCUT2D eigenvalue weighted by Crippen LogP contribution is 2.64. The molecule has 2 rings (SSSR count). The van der Waals surface area contributed by atoms with Gasteiger partial charge in [0.1, 0.15) is 14.7 Å². The van der Waals surface area contributed by atoms with E-state index in [2.05, 4.69) is 10.6 Å². The van der Waals surface area contributed by atoms with Gasteiger partial charge in [-0.2, -0.15) is 0 Å². The third-order valence-corrected chi connectivity index (χ3v) is 6.66. The summed E-state index contributed by atoms with van der Waals surface area (Å²) in [4.78, 5) is 48.8. The largest absolute Gasteiger partial charge is 0.462 e. The van der Waals surface area contributed by atoms with Gasteiger partial charge >= 0.3 is 11.9 Å². The van der Waals surface area contributed by atoms with Gasteiger partial charge in [-0.15, -0.1) is 34.5 Å². The van der Waals surface area contributed by atoms with E-state index in [0.29, 0.717) is 5.56 Å². The Balaban J connectivity index is 2.13. The Hall–Kier alpha value is -1.84. The lowest BCUT2D eigenvalue weighted by Crippen LogP contribution is -2.27. The Bertz CT molecular complexity index is 838. The quantitative estimate of drug-likeness (QED) is 0.487. The van der Waals surface area contributed by atoms with Crippen LogP contribution in [-0.2, 0) is 19.1 Å². The summed E-state index contributed by atoms with van der Waals surface area (Å²) in [6.45, 7) is 4.31. The lowest BCUT2D eigenvalue weighted by Gasteiger charge is -2.12. The topological polar surface area (TPSA) is 111 Å². The van der Waals surface area contributed by atoms with E-state index in [0.717, 1.165) is 11.3 Å². The van der Waals surface area contributed by atoms with Crippen molar-refractivity contribution in [2.45, 2.75) is 31.5 Å². The second kappa shape index (κ2) is 8.26. The van der Waals surface area contributed by atoms with Crippen LogP contribution in [0.15, 0.2) is 0 Å². The molecule has 0 unspecified atom stereocenters. The smallest absolute Gasteiger partial charge is 0.341 e. The number of hydrogen-bond donors (Lipinski definition) is 2. The number of nitrogens with one attached hydrogen (secondary N) is 2. The van der Waals surface area contributed by atoms with Crippen molar-refractivity contribution >= 4 is 63.3 Å². The first-order valence-electron chi connectivity index (χ1n) is 8.36. The summed E-state index contributed by atoms with van der Waals surface area (Å²) in [7, 11) is 1.45. The zero-order valence-corrected chi connectivity index (χ0v) is 18.1. The molecule has 0 radical (unpaired) electrons. The number of alkyl halides is 2. The summed E-state index contributed by atoms with van der Waals surface area (Å²) in [6, 6.07) is 0. The van der Waals surface area contributed by atoms with E-state index in [1.807, 2.05) is 0 Å². The van der Waals surface area contributed by atoms with E-state index in [-0.39, 0.29) is 28.5 Å². The molecule has 0 aliphatic heterocycles. The summed E-state index contributed by atoms with van der Waals surface area (Å²) in [5.74, 6) is -2.44. The van der Waals surface area contributed by atoms with Gasteiger partial charge in [-0.1, -0.05) is 0 Å². The monoisotopic (exact) mass is 450 g/mol. The van der Waals surface area contributed by atoms with Gasteiger partial charge in [0, 0.05) is 13.5 Å². The highest BCUT2D eigenvalue weighted by molar-refractivity contribution is 7.18. The van der Waals surface area contributed by atoms with Crippen molar-refractivity contribution in [1.29, 1.82) is 0 Å². The predicted molar refractivity (Wildman–Crippen MR) is 105 cm³/mol. The average molecular weight is 451 g/mol. The van der Waals surface area contributed by atoms with Gasteiger partial charge < -0.3 is 20.1 Å². The first kappa shape index (κ1) is 22.4.